The van der Waals surface area contributed by atoms with Crippen LogP contribution in [0.4, 0.5) is 0 Å². The molecule has 1 heterocycles. The van der Waals surface area contributed by atoms with Crippen LogP contribution in [0.3, 0.4) is 0 Å². The first kappa shape index (κ1) is 13.9. The van der Waals surface area contributed by atoms with E-state index in [4.69, 9.17) is 5.73 Å². The topological polar surface area (TPSA) is 32.5 Å². The van der Waals surface area contributed by atoms with Crippen molar-refractivity contribution in [2.75, 3.05) is 40.3 Å². The molecule has 0 amide bonds. The standard InChI is InChI=1S/C13H29N3/c1-13(2,11-14)7-9-16-8-5-6-12(10-16)15(3)4/h12H,5-11,14H2,1-4H3. The van der Waals surface area contributed by atoms with Gasteiger partial charge in [0.25, 0.3) is 0 Å². The SMILES string of the molecule is CN(C)C1CCCN(CCC(C)(C)CN)C1. The average Bonchev–Trinajstić information content (AvgIpc) is 2.27. The van der Waals surface area contributed by atoms with Crippen molar-refractivity contribution in [3.63, 3.8) is 0 Å². The summed E-state index contributed by atoms with van der Waals surface area (Å²) in [6.45, 7) is 9.02. The van der Waals surface area contributed by atoms with Crippen LogP contribution in [0.2, 0.25) is 0 Å². The van der Waals surface area contributed by atoms with Crippen LogP contribution in [0.1, 0.15) is 33.1 Å². The zero-order chi connectivity index (χ0) is 12.2. The Labute approximate surface area is 101 Å². The van der Waals surface area contributed by atoms with E-state index in [1.807, 2.05) is 0 Å². The summed E-state index contributed by atoms with van der Waals surface area (Å²) in [5.41, 5.74) is 6.07. The number of hydrogen-bond acceptors (Lipinski definition) is 3. The smallest absolute Gasteiger partial charge is 0.0217 e. The van der Waals surface area contributed by atoms with Crippen LogP contribution in [0, 0.1) is 5.41 Å². The maximum atomic E-state index is 5.77. The molecule has 0 aromatic carbocycles. The highest BCUT2D eigenvalue weighted by Crippen LogP contribution is 2.21. The van der Waals surface area contributed by atoms with Crippen molar-refractivity contribution in [1.82, 2.24) is 9.80 Å². The van der Waals surface area contributed by atoms with Gasteiger partial charge in [-0.25, -0.2) is 0 Å². The van der Waals surface area contributed by atoms with E-state index in [0.29, 0.717) is 5.41 Å². The number of likely N-dealkylation sites (N-methyl/N-ethyl adjacent to an activating group) is 1. The Hall–Kier alpha value is -0.120. The van der Waals surface area contributed by atoms with E-state index in [2.05, 4.69) is 37.7 Å². The molecule has 1 unspecified atom stereocenters. The summed E-state index contributed by atoms with van der Waals surface area (Å²) < 4.78 is 0. The van der Waals surface area contributed by atoms with Crippen molar-refractivity contribution in [2.45, 2.75) is 39.2 Å². The van der Waals surface area contributed by atoms with Crippen LogP contribution in [0.25, 0.3) is 0 Å². The van der Waals surface area contributed by atoms with Gasteiger partial charge in [-0.15, -0.1) is 0 Å². The van der Waals surface area contributed by atoms with E-state index in [-0.39, 0.29) is 0 Å². The summed E-state index contributed by atoms with van der Waals surface area (Å²) >= 11 is 0. The van der Waals surface area contributed by atoms with Crippen molar-refractivity contribution in [3.8, 4) is 0 Å². The van der Waals surface area contributed by atoms with Crippen LogP contribution in [-0.4, -0.2) is 56.1 Å². The normalized spacial score (nSPS) is 24.0. The summed E-state index contributed by atoms with van der Waals surface area (Å²) in [6, 6.07) is 0.745. The van der Waals surface area contributed by atoms with Gasteiger partial charge in [0.15, 0.2) is 0 Å². The average molecular weight is 227 g/mol. The molecule has 1 saturated heterocycles. The quantitative estimate of drug-likeness (QED) is 0.770. The summed E-state index contributed by atoms with van der Waals surface area (Å²) in [6.07, 6.45) is 3.90. The zero-order valence-corrected chi connectivity index (χ0v) is 11.5. The Kier molecular flexibility index (Phi) is 5.22. The molecule has 0 aromatic rings. The number of rotatable bonds is 5. The highest BCUT2D eigenvalue weighted by Gasteiger charge is 2.23. The van der Waals surface area contributed by atoms with E-state index in [9.17, 15) is 0 Å². The molecule has 1 aliphatic rings. The highest BCUT2D eigenvalue weighted by molar-refractivity contribution is 4.79. The second-order valence-electron chi connectivity index (χ2n) is 6.18. The van der Waals surface area contributed by atoms with Gasteiger partial charge in [-0.3, -0.25) is 0 Å². The Balaban J connectivity index is 2.32. The monoisotopic (exact) mass is 227 g/mol. The molecule has 3 heteroatoms. The molecule has 3 nitrogen and oxygen atoms in total. The van der Waals surface area contributed by atoms with E-state index >= 15 is 0 Å². The van der Waals surface area contributed by atoms with Gasteiger partial charge < -0.3 is 15.5 Å². The van der Waals surface area contributed by atoms with Crippen molar-refractivity contribution >= 4 is 0 Å². The van der Waals surface area contributed by atoms with E-state index < -0.39 is 0 Å². The molecule has 16 heavy (non-hydrogen) atoms. The summed E-state index contributed by atoms with van der Waals surface area (Å²) in [4.78, 5) is 4.96. The first-order valence-electron chi connectivity index (χ1n) is 6.53. The van der Waals surface area contributed by atoms with Crippen molar-refractivity contribution in [1.29, 1.82) is 0 Å². The molecule has 1 fully saturated rings. The van der Waals surface area contributed by atoms with Crippen molar-refractivity contribution in [3.05, 3.63) is 0 Å². The van der Waals surface area contributed by atoms with Crippen LogP contribution in [-0.2, 0) is 0 Å². The lowest BCUT2D eigenvalue weighted by atomic mass is 9.89. The molecule has 96 valence electrons. The van der Waals surface area contributed by atoms with Gasteiger partial charge in [0.2, 0.25) is 0 Å². The van der Waals surface area contributed by atoms with Crippen molar-refractivity contribution in [2.24, 2.45) is 11.1 Å². The van der Waals surface area contributed by atoms with Crippen LogP contribution in [0.5, 0.6) is 0 Å². The molecule has 0 bridgehead atoms. The van der Waals surface area contributed by atoms with Crippen LogP contribution in [0.15, 0.2) is 0 Å². The molecule has 1 rings (SSSR count). The Bertz CT molecular complexity index is 201. The minimum atomic E-state index is 0.297. The van der Waals surface area contributed by atoms with Crippen LogP contribution >= 0.6 is 0 Å². The Morgan fingerprint density at radius 3 is 2.62 bits per heavy atom. The van der Waals surface area contributed by atoms with Gasteiger partial charge in [-0.1, -0.05) is 13.8 Å². The lowest BCUT2D eigenvalue weighted by Gasteiger charge is -2.37. The van der Waals surface area contributed by atoms with Crippen LogP contribution < -0.4 is 5.73 Å². The molecule has 0 radical (unpaired) electrons. The lowest BCUT2D eigenvalue weighted by molar-refractivity contribution is 0.120. The third-order valence-corrected chi connectivity index (χ3v) is 3.87. The van der Waals surface area contributed by atoms with Crippen molar-refractivity contribution < 1.29 is 0 Å². The lowest BCUT2D eigenvalue weighted by Crippen LogP contribution is -2.46. The van der Waals surface area contributed by atoms with E-state index in [1.165, 1.54) is 38.9 Å². The maximum Gasteiger partial charge on any atom is 0.0217 e. The largest absolute Gasteiger partial charge is 0.330 e. The van der Waals surface area contributed by atoms with Gasteiger partial charge in [0.1, 0.15) is 0 Å². The maximum absolute atomic E-state index is 5.77. The second-order valence-corrected chi connectivity index (χ2v) is 6.18. The Morgan fingerprint density at radius 2 is 2.06 bits per heavy atom. The van der Waals surface area contributed by atoms with Gasteiger partial charge >= 0.3 is 0 Å². The summed E-state index contributed by atoms with van der Waals surface area (Å²) in [7, 11) is 4.38. The molecule has 1 atom stereocenters. The minimum absolute atomic E-state index is 0.297. The number of piperidine rings is 1. The summed E-state index contributed by atoms with van der Waals surface area (Å²) in [5, 5.41) is 0. The molecule has 0 aliphatic carbocycles. The van der Waals surface area contributed by atoms with E-state index in [1.54, 1.807) is 0 Å². The highest BCUT2D eigenvalue weighted by atomic mass is 15.2. The molecule has 2 N–H and O–H groups in total. The fraction of sp³-hybridized carbons (Fsp3) is 1.00. The molecular weight excluding hydrogens is 198 g/mol. The molecule has 0 spiro atoms. The fourth-order valence-electron chi connectivity index (χ4n) is 2.22. The van der Waals surface area contributed by atoms with E-state index in [0.717, 1.165) is 12.6 Å². The van der Waals surface area contributed by atoms with Gasteiger partial charge in [0.05, 0.1) is 0 Å². The predicted octanol–water partition coefficient (Wildman–Crippen LogP) is 1.39. The number of nitrogens with two attached hydrogens (primary N) is 1. The minimum Gasteiger partial charge on any atom is -0.330 e. The fourth-order valence-corrected chi connectivity index (χ4v) is 2.22. The number of hydrogen-bond donors (Lipinski definition) is 1. The molecule has 0 aromatic heterocycles. The van der Waals surface area contributed by atoms with Gasteiger partial charge in [-0.2, -0.15) is 0 Å². The zero-order valence-electron chi connectivity index (χ0n) is 11.5. The third kappa shape index (κ3) is 4.40. The summed E-state index contributed by atoms with van der Waals surface area (Å²) in [5.74, 6) is 0. The van der Waals surface area contributed by atoms with Gasteiger partial charge in [-0.05, 0) is 58.4 Å². The number of nitrogens with zero attached hydrogens (tertiary/aromatic N) is 2. The first-order valence-corrected chi connectivity index (χ1v) is 6.53. The van der Waals surface area contributed by atoms with Gasteiger partial charge in [0, 0.05) is 12.6 Å². The first-order chi connectivity index (χ1) is 7.44. The molecule has 0 saturated carbocycles. The number of likely N-dealkylation sites (tertiary alicyclic amines) is 1. The predicted molar refractivity (Wildman–Crippen MR) is 70.6 cm³/mol. The Morgan fingerprint density at radius 1 is 1.38 bits per heavy atom. The second kappa shape index (κ2) is 5.99. The molecule has 1 aliphatic heterocycles. The third-order valence-electron chi connectivity index (χ3n) is 3.87. The molecular formula is C13H29N3.